The monoisotopic (exact) mass is 255 g/mol. The number of hydrogen-bond acceptors (Lipinski definition) is 3. The Balaban J connectivity index is 1.86. The van der Waals surface area contributed by atoms with Crippen LogP contribution < -0.4 is 4.74 Å². The van der Waals surface area contributed by atoms with E-state index in [0.717, 1.165) is 29.9 Å². The van der Waals surface area contributed by atoms with Gasteiger partial charge in [0.2, 0.25) is 0 Å². The Morgan fingerprint density at radius 2 is 1.95 bits per heavy atom. The highest BCUT2D eigenvalue weighted by molar-refractivity contribution is 5.41. The lowest BCUT2D eigenvalue weighted by atomic mass is 9.90. The maximum absolute atomic E-state index is 10.5. The highest BCUT2D eigenvalue weighted by Crippen LogP contribution is 2.34. The van der Waals surface area contributed by atoms with Crippen molar-refractivity contribution >= 4 is 0 Å². The average Bonchev–Trinajstić information content (AvgIpc) is 2.94. The summed E-state index contributed by atoms with van der Waals surface area (Å²) in [6.45, 7) is 2.78. The molecule has 2 atom stereocenters. The third-order valence-electron chi connectivity index (χ3n) is 3.76. The molecule has 0 spiro atoms. The Morgan fingerprint density at radius 3 is 2.74 bits per heavy atom. The molecule has 3 nitrogen and oxygen atoms in total. The van der Waals surface area contributed by atoms with Gasteiger partial charge in [-0.25, -0.2) is 0 Å². The average molecular weight is 255 g/mol. The van der Waals surface area contributed by atoms with Crippen molar-refractivity contribution in [2.75, 3.05) is 6.61 Å². The van der Waals surface area contributed by atoms with Crippen LogP contribution in [-0.2, 0) is 6.42 Å². The van der Waals surface area contributed by atoms with E-state index in [0.29, 0.717) is 0 Å². The molecular formula is C16H17NO2. The van der Waals surface area contributed by atoms with Crippen molar-refractivity contribution in [2.45, 2.75) is 25.4 Å². The number of aliphatic hydroxyl groups excluding tert-OH is 1. The number of aliphatic hydroxyl groups is 1. The number of ether oxygens (including phenoxy) is 1. The molecule has 2 aromatic rings. The van der Waals surface area contributed by atoms with Gasteiger partial charge in [0.15, 0.2) is 0 Å². The minimum absolute atomic E-state index is 0.0448. The van der Waals surface area contributed by atoms with E-state index in [2.05, 4.69) is 11.1 Å². The summed E-state index contributed by atoms with van der Waals surface area (Å²) >= 11 is 0. The number of fused-ring (bicyclic) bond motifs is 1. The van der Waals surface area contributed by atoms with E-state index >= 15 is 0 Å². The van der Waals surface area contributed by atoms with Crippen LogP contribution in [0.5, 0.6) is 5.75 Å². The van der Waals surface area contributed by atoms with Crippen molar-refractivity contribution in [2.24, 2.45) is 0 Å². The molecule has 0 bridgehead atoms. The van der Waals surface area contributed by atoms with Gasteiger partial charge in [-0.2, -0.15) is 0 Å². The van der Waals surface area contributed by atoms with Crippen LogP contribution in [0.3, 0.4) is 0 Å². The SMILES string of the molecule is CC(c1ccncc1)C(O)c1ccc2c(c1)CCO2. The van der Waals surface area contributed by atoms with E-state index < -0.39 is 6.10 Å². The molecule has 2 heterocycles. The summed E-state index contributed by atoms with van der Waals surface area (Å²) in [5.41, 5.74) is 3.24. The molecule has 1 aliphatic rings. The minimum Gasteiger partial charge on any atom is -0.493 e. The van der Waals surface area contributed by atoms with Gasteiger partial charge in [0.25, 0.3) is 0 Å². The van der Waals surface area contributed by atoms with E-state index in [9.17, 15) is 5.11 Å². The fraction of sp³-hybridized carbons (Fsp3) is 0.312. The zero-order valence-electron chi connectivity index (χ0n) is 10.9. The topological polar surface area (TPSA) is 42.4 Å². The number of rotatable bonds is 3. The highest BCUT2D eigenvalue weighted by atomic mass is 16.5. The lowest BCUT2D eigenvalue weighted by Crippen LogP contribution is -2.08. The summed E-state index contributed by atoms with van der Waals surface area (Å²) in [6, 6.07) is 9.87. The fourth-order valence-corrected chi connectivity index (χ4v) is 2.53. The molecule has 0 fully saturated rings. The molecule has 0 aliphatic carbocycles. The first kappa shape index (κ1) is 12.2. The van der Waals surface area contributed by atoms with Crippen molar-refractivity contribution in [3.05, 3.63) is 59.4 Å². The fourth-order valence-electron chi connectivity index (χ4n) is 2.53. The second kappa shape index (κ2) is 5.02. The minimum atomic E-state index is -0.506. The smallest absolute Gasteiger partial charge is 0.122 e. The lowest BCUT2D eigenvalue weighted by Gasteiger charge is -2.20. The molecule has 0 amide bonds. The predicted molar refractivity (Wildman–Crippen MR) is 73.3 cm³/mol. The molecule has 0 saturated heterocycles. The first-order chi connectivity index (χ1) is 9.25. The normalized spacial score (nSPS) is 16.5. The molecule has 19 heavy (non-hydrogen) atoms. The second-order valence-corrected chi connectivity index (χ2v) is 4.98. The molecule has 0 radical (unpaired) electrons. The third-order valence-corrected chi connectivity index (χ3v) is 3.76. The predicted octanol–water partition coefficient (Wildman–Crippen LogP) is 2.85. The third kappa shape index (κ3) is 2.34. The van der Waals surface area contributed by atoms with Gasteiger partial charge in [0.1, 0.15) is 5.75 Å². The standard InChI is InChI=1S/C16H17NO2/c1-11(12-4-7-17-8-5-12)16(18)14-2-3-15-13(10-14)6-9-19-15/h2-5,7-8,10-11,16,18H,6,9H2,1H3. The quantitative estimate of drug-likeness (QED) is 0.917. The van der Waals surface area contributed by atoms with Gasteiger partial charge in [0.05, 0.1) is 12.7 Å². The maximum Gasteiger partial charge on any atom is 0.122 e. The Hall–Kier alpha value is -1.87. The summed E-state index contributed by atoms with van der Waals surface area (Å²) in [5.74, 6) is 0.996. The zero-order valence-corrected chi connectivity index (χ0v) is 10.9. The first-order valence-corrected chi connectivity index (χ1v) is 6.59. The molecule has 0 saturated carbocycles. The number of pyridine rings is 1. The largest absolute Gasteiger partial charge is 0.493 e. The van der Waals surface area contributed by atoms with Crippen LogP contribution in [0, 0.1) is 0 Å². The van der Waals surface area contributed by atoms with E-state index in [4.69, 9.17) is 4.74 Å². The molecule has 1 aromatic heterocycles. The van der Waals surface area contributed by atoms with E-state index in [1.165, 1.54) is 5.56 Å². The van der Waals surface area contributed by atoms with Gasteiger partial charge >= 0.3 is 0 Å². The van der Waals surface area contributed by atoms with Crippen molar-refractivity contribution in [1.82, 2.24) is 4.98 Å². The van der Waals surface area contributed by atoms with Crippen molar-refractivity contribution in [3.63, 3.8) is 0 Å². The van der Waals surface area contributed by atoms with E-state index in [1.54, 1.807) is 12.4 Å². The summed E-state index contributed by atoms with van der Waals surface area (Å²) in [6.07, 6.45) is 3.94. The number of nitrogens with zero attached hydrogens (tertiary/aromatic N) is 1. The van der Waals surface area contributed by atoms with Crippen LogP contribution in [0.4, 0.5) is 0 Å². The van der Waals surface area contributed by atoms with Gasteiger partial charge < -0.3 is 9.84 Å². The highest BCUT2D eigenvalue weighted by Gasteiger charge is 2.20. The molecule has 3 rings (SSSR count). The van der Waals surface area contributed by atoms with E-state index in [-0.39, 0.29) is 5.92 Å². The molecule has 1 aromatic carbocycles. The molecule has 3 heteroatoms. The van der Waals surface area contributed by atoms with Crippen LogP contribution in [0.15, 0.2) is 42.7 Å². The van der Waals surface area contributed by atoms with Crippen molar-refractivity contribution in [3.8, 4) is 5.75 Å². The maximum atomic E-state index is 10.5. The summed E-state index contributed by atoms with van der Waals surface area (Å²) < 4.78 is 5.49. The Kier molecular flexibility index (Phi) is 3.22. The van der Waals surface area contributed by atoms with Gasteiger partial charge in [-0.1, -0.05) is 13.0 Å². The van der Waals surface area contributed by atoms with Crippen LogP contribution in [0.2, 0.25) is 0 Å². The number of benzene rings is 1. The summed E-state index contributed by atoms with van der Waals surface area (Å²) in [5, 5.41) is 10.5. The van der Waals surface area contributed by atoms with Gasteiger partial charge in [-0.3, -0.25) is 4.98 Å². The number of hydrogen-bond donors (Lipinski definition) is 1. The number of aromatic nitrogens is 1. The van der Waals surface area contributed by atoms with Gasteiger partial charge in [0, 0.05) is 24.7 Å². The van der Waals surface area contributed by atoms with Crippen molar-refractivity contribution in [1.29, 1.82) is 0 Å². The van der Waals surface area contributed by atoms with Crippen LogP contribution in [-0.4, -0.2) is 16.7 Å². The summed E-state index contributed by atoms with van der Waals surface area (Å²) in [4.78, 5) is 4.01. The lowest BCUT2D eigenvalue weighted by molar-refractivity contribution is 0.151. The Morgan fingerprint density at radius 1 is 1.16 bits per heavy atom. The van der Waals surface area contributed by atoms with Crippen LogP contribution in [0.25, 0.3) is 0 Å². The summed E-state index contributed by atoms with van der Waals surface area (Å²) in [7, 11) is 0. The van der Waals surface area contributed by atoms with Crippen LogP contribution in [0.1, 0.15) is 35.6 Å². The molecule has 2 unspecified atom stereocenters. The van der Waals surface area contributed by atoms with E-state index in [1.807, 2.05) is 31.2 Å². The molecule has 98 valence electrons. The zero-order chi connectivity index (χ0) is 13.2. The van der Waals surface area contributed by atoms with Gasteiger partial charge in [-0.05, 0) is 41.0 Å². The second-order valence-electron chi connectivity index (χ2n) is 4.98. The Labute approximate surface area is 112 Å². The van der Waals surface area contributed by atoms with Gasteiger partial charge in [-0.15, -0.1) is 0 Å². The molecule has 1 aliphatic heterocycles. The van der Waals surface area contributed by atoms with Crippen molar-refractivity contribution < 1.29 is 9.84 Å². The van der Waals surface area contributed by atoms with Crippen LogP contribution >= 0.6 is 0 Å². The molecule has 1 N–H and O–H groups in total. The Bertz CT molecular complexity index is 568. The first-order valence-electron chi connectivity index (χ1n) is 6.59. The molecular weight excluding hydrogens is 238 g/mol.